The molecule has 1 aromatic carbocycles. The highest BCUT2D eigenvalue weighted by molar-refractivity contribution is 5.79. The number of aliphatic hydroxyl groups is 1. The first kappa shape index (κ1) is 15.7. The van der Waals surface area contributed by atoms with Crippen LogP contribution in [0, 0.1) is 11.8 Å². The molecule has 0 heterocycles. The highest BCUT2D eigenvalue weighted by atomic mass is 16.3. The van der Waals surface area contributed by atoms with E-state index in [2.05, 4.69) is 5.32 Å². The average Bonchev–Trinajstić information content (AvgIpc) is 2.39. The van der Waals surface area contributed by atoms with E-state index in [9.17, 15) is 9.90 Å². The molecule has 106 valence electrons. The summed E-state index contributed by atoms with van der Waals surface area (Å²) in [7, 11) is 0. The molecule has 4 nitrogen and oxygen atoms in total. The molecule has 1 amide bonds. The van der Waals surface area contributed by atoms with Crippen molar-refractivity contribution in [1.82, 2.24) is 5.32 Å². The Labute approximate surface area is 115 Å². The fraction of sp³-hybridized carbons (Fsp3) is 0.533. The van der Waals surface area contributed by atoms with E-state index in [1.165, 1.54) is 0 Å². The SMILES string of the molecule is CC(C)C(CN)C(=O)N[C@@H](CO)Cc1ccccc1. The molecular formula is C15H24N2O2. The Bertz CT molecular complexity index is 379. The molecule has 1 unspecified atom stereocenters. The van der Waals surface area contributed by atoms with E-state index in [0.29, 0.717) is 13.0 Å². The van der Waals surface area contributed by atoms with Gasteiger partial charge in [0.2, 0.25) is 5.91 Å². The lowest BCUT2D eigenvalue weighted by molar-refractivity contribution is -0.127. The molecule has 0 saturated heterocycles. The van der Waals surface area contributed by atoms with Crippen LogP contribution in [0.4, 0.5) is 0 Å². The number of carbonyl (C=O) groups excluding carboxylic acids is 1. The summed E-state index contributed by atoms with van der Waals surface area (Å²) in [6.45, 7) is 4.20. The van der Waals surface area contributed by atoms with Crippen LogP contribution in [0.5, 0.6) is 0 Å². The molecular weight excluding hydrogens is 240 g/mol. The van der Waals surface area contributed by atoms with Crippen molar-refractivity contribution in [3.8, 4) is 0 Å². The van der Waals surface area contributed by atoms with Gasteiger partial charge in [0.05, 0.1) is 18.6 Å². The molecule has 0 spiro atoms. The van der Waals surface area contributed by atoms with Crippen LogP contribution in [-0.2, 0) is 11.2 Å². The number of hydrogen-bond acceptors (Lipinski definition) is 3. The Morgan fingerprint density at radius 2 is 1.95 bits per heavy atom. The minimum atomic E-state index is -0.261. The maximum absolute atomic E-state index is 12.1. The number of carbonyl (C=O) groups is 1. The number of rotatable bonds is 7. The lowest BCUT2D eigenvalue weighted by atomic mass is 9.94. The van der Waals surface area contributed by atoms with Crippen molar-refractivity contribution in [1.29, 1.82) is 0 Å². The molecule has 4 heteroatoms. The maximum atomic E-state index is 12.1. The van der Waals surface area contributed by atoms with Gasteiger partial charge < -0.3 is 16.2 Å². The first-order chi connectivity index (χ1) is 9.08. The predicted octanol–water partition coefficient (Wildman–Crippen LogP) is 0.937. The first-order valence-corrected chi connectivity index (χ1v) is 6.73. The van der Waals surface area contributed by atoms with Crippen molar-refractivity contribution in [2.24, 2.45) is 17.6 Å². The Morgan fingerprint density at radius 1 is 1.32 bits per heavy atom. The van der Waals surface area contributed by atoms with Crippen LogP contribution in [0.3, 0.4) is 0 Å². The van der Waals surface area contributed by atoms with Gasteiger partial charge >= 0.3 is 0 Å². The number of aliphatic hydroxyl groups excluding tert-OH is 1. The van der Waals surface area contributed by atoms with Crippen LogP contribution < -0.4 is 11.1 Å². The highest BCUT2D eigenvalue weighted by Crippen LogP contribution is 2.10. The van der Waals surface area contributed by atoms with Gasteiger partial charge in [-0.1, -0.05) is 44.2 Å². The molecule has 0 fully saturated rings. The number of benzene rings is 1. The summed E-state index contributed by atoms with van der Waals surface area (Å²) < 4.78 is 0. The van der Waals surface area contributed by atoms with Gasteiger partial charge in [0.15, 0.2) is 0 Å². The molecule has 2 atom stereocenters. The van der Waals surface area contributed by atoms with E-state index in [0.717, 1.165) is 5.56 Å². The third-order valence-corrected chi connectivity index (χ3v) is 3.29. The number of nitrogens with two attached hydrogens (primary N) is 1. The summed E-state index contributed by atoms with van der Waals surface area (Å²) in [5.74, 6) is -0.0848. The highest BCUT2D eigenvalue weighted by Gasteiger charge is 2.22. The second-order valence-corrected chi connectivity index (χ2v) is 5.16. The molecule has 4 N–H and O–H groups in total. The van der Waals surface area contributed by atoms with Crippen molar-refractivity contribution >= 4 is 5.91 Å². The van der Waals surface area contributed by atoms with E-state index >= 15 is 0 Å². The van der Waals surface area contributed by atoms with Crippen molar-refractivity contribution in [3.63, 3.8) is 0 Å². The lowest BCUT2D eigenvalue weighted by Crippen LogP contribution is -2.45. The second kappa shape index (κ2) is 7.92. The monoisotopic (exact) mass is 264 g/mol. The Morgan fingerprint density at radius 3 is 2.42 bits per heavy atom. The molecule has 0 aliphatic rings. The van der Waals surface area contributed by atoms with E-state index in [4.69, 9.17) is 5.73 Å². The Balaban J connectivity index is 2.59. The first-order valence-electron chi connectivity index (χ1n) is 6.73. The minimum Gasteiger partial charge on any atom is -0.394 e. The normalized spacial score (nSPS) is 14.2. The van der Waals surface area contributed by atoms with Crippen LogP contribution in [0.1, 0.15) is 19.4 Å². The van der Waals surface area contributed by atoms with E-state index in [1.54, 1.807) is 0 Å². The quantitative estimate of drug-likeness (QED) is 0.686. The van der Waals surface area contributed by atoms with Crippen LogP contribution in [0.25, 0.3) is 0 Å². The lowest BCUT2D eigenvalue weighted by Gasteiger charge is -2.22. The second-order valence-electron chi connectivity index (χ2n) is 5.16. The van der Waals surface area contributed by atoms with Gasteiger partial charge in [-0.25, -0.2) is 0 Å². The average molecular weight is 264 g/mol. The van der Waals surface area contributed by atoms with Crippen molar-refractivity contribution < 1.29 is 9.90 Å². The fourth-order valence-electron chi connectivity index (χ4n) is 2.05. The van der Waals surface area contributed by atoms with Crippen LogP contribution in [0.2, 0.25) is 0 Å². The predicted molar refractivity (Wildman–Crippen MR) is 76.5 cm³/mol. The van der Waals surface area contributed by atoms with Gasteiger partial charge in [-0.3, -0.25) is 4.79 Å². The molecule has 19 heavy (non-hydrogen) atoms. The van der Waals surface area contributed by atoms with Crippen LogP contribution >= 0.6 is 0 Å². The molecule has 0 saturated carbocycles. The Hall–Kier alpha value is -1.39. The Kier molecular flexibility index (Phi) is 6.53. The van der Waals surface area contributed by atoms with Gasteiger partial charge in [-0.05, 0) is 17.9 Å². The number of hydrogen-bond donors (Lipinski definition) is 3. The molecule has 0 radical (unpaired) electrons. The van der Waals surface area contributed by atoms with Gasteiger partial charge in [-0.15, -0.1) is 0 Å². The summed E-state index contributed by atoms with van der Waals surface area (Å²) in [5, 5.41) is 12.3. The van der Waals surface area contributed by atoms with Crippen molar-refractivity contribution in [2.45, 2.75) is 26.3 Å². The van der Waals surface area contributed by atoms with Crippen LogP contribution in [0.15, 0.2) is 30.3 Å². The van der Waals surface area contributed by atoms with Crippen molar-refractivity contribution in [3.05, 3.63) is 35.9 Å². The van der Waals surface area contributed by atoms with Crippen molar-refractivity contribution in [2.75, 3.05) is 13.2 Å². The van der Waals surface area contributed by atoms with E-state index < -0.39 is 0 Å². The fourth-order valence-corrected chi connectivity index (χ4v) is 2.05. The molecule has 0 aromatic heterocycles. The summed E-state index contributed by atoms with van der Waals surface area (Å²) in [6.07, 6.45) is 0.623. The third kappa shape index (κ3) is 5.01. The zero-order chi connectivity index (χ0) is 14.3. The summed E-state index contributed by atoms with van der Waals surface area (Å²) in [6, 6.07) is 9.54. The van der Waals surface area contributed by atoms with Crippen LogP contribution in [-0.4, -0.2) is 30.2 Å². The molecule has 0 aliphatic carbocycles. The molecule has 0 aliphatic heterocycles. The topological polar surface area (TPSA) is 75.4 Å². The summed E-state index contributed by atoms with van der Waals surface area (Å²) >= 11 is 0. The molecule has 0 bridgehead atoms. The number of nitrogens with one attached hydrogen (secondary N) is 1. The third-order valence-electron chi connectivity index (χ3n) is 3.29. The van der Waals surface area contributed by atoms with Gasteiger partial charge in [0, 0.05) is 6.54 Å². The van der Waals surface area contributed by atoms with Gasteiger partial charge in [0.1, 0.15) is 0 Å². The van der Waals surface area contributed by atoms with Gasteiger partial charge in [-0.2, -0.15) is 0 Å². The van der Waals surface area contributed by atoms with E-state index in [-0.39, 0.29) is 30.4 Å². The molecule has 1 aromatic rings. The minimum absolute atomic E-state index is 0.0734. The zero-order valence-corrected chi connectivity index (χ0v) is 11.7. The standard InChI is InChI=1S/C15H24N2O2/c1-11(2)14(9-16)15(19)17-13(10-18)8-12-6-4-3-5-7-12/h3-7,11,13-14,18H,8-10,16H2,1-2H3,(H,17,19)/t13-,14?/m1/s1. The maximum Gasteiger partial charge on any atom is 0.224 e. The smallest absolute Gasteiger partial charge is 0.224 e. The zero-order valence-electron chi connectivity index (χ0n) is 11.7. The summed E-state index contributed by atoms with van der Waals surface area (Å²) in [4.78, 5) is 12.1. The number of amides is 1. The summed E-state index contributed by atoms with van der Waals surface area (Å²) in [5.41, 5.74) is 6.71. The molecule has 1 rings (SSSR count). The van der Waals surface area contributed by atoms with Gasteiger partial charge in [0.25, 0.3) is 0 Å². The van der Waals surface area contributed by atoms with E-state index in [1.807, 2.05) is 44.2 Å². The largest absolute Gasteiger partial charge is 0.394 e.